The predicted molar refractivity (Wildman–Crippen MR) is 45.1 cm³/mol. The van der Waals surface area contributed by atoms with E-state index in [1.54, 1.807) is 7.05 Å². The van der Waals surface area contributed by atoms with Crippen LogP contribution in [-0.4, -0.2) is 9.78 Å². The highest BCUT2D eigenvalue weighted by Crippen LogP contribution is 2.18. The largest absolute Gasteiger partial charge is 0.277 e. The number of nitrogens with zero attached hydrogens (tertiary/aromatic N) is 1. The lowest BCUT2D eigenvalue weighted by molar-refractivity contribution is 0.757. The standard InChI is InChI=1S/C7H11ClN2O/c1-4(2)5-6(8)10(3)9-7(5)11/h4H,1-3H3,(H,9,11). The van der Waals surface area contributed by atoms with Gasteiger partial charge in [0.15, 0.2) is 0 Å². The summed E-state index contributed by atoms with van der Waals surface area (Å²) in [6.45, 7) is 3.88. The molecule has 1 heterocycles. The average Bonchev–Trinajstić information content (AvgIpc) is 2.07. The summed E-state index contributed by atoms with van der Waals surface area (Å²) < 4.78 is 1.53. The first-order valence-electron chi connectivity index (χ1n) is 3.48. The van der Waals surface area contributed by atoms with Crippen molar-refractivity contribution >= 4 is 11.6 Å². The lowest BCUT2D eigenvalue weighted by atomic mass is 10.1. The number of aryl methyl sites for hydroxylation is 1. The van der Waals surface area contributed by atoms with Gasteiger partial charge in [-0.2, -0.15) is 0 Å². The summed E-state index contributed by atoms with van der Waals surface area (Å²) in [5, 5.41) is 3.09. The monoisotopic (exact) mass is 174 g/mol. The number of hydrogen-bond donors (Lipinski definition) is 1. The Morgan fingerprint density at radius 2 is 2.09 bits per heavy atom. The molecule has 0 bridgehead atoms. The Morgan fingerprint density at radius 3 is 2.27 bits per heavy atom. The molecule has 11 heavy (non-hydrogen) atoms. The molecule has 0 atom stereocenters. The minimum Gasteiger partial charge on any atom is -0.277 e. The Hall–Kier alpha value is -0.700. The van der Waals surface area contributed by atoms with Crippen LogP contribution in [0, 0.1) is 0 Å². The van der Waals surface area contributed by atoms with Gasteiger partial charge in [0.1, 0.15) is 5.15 Å². The molecule has 0 aliphatic carbocycles. The van der Waals surface area contributed by atoms with Crippen molar-refractivity contribution in [1.82, 2.24) is 9.78 Å². The fraction of sp³-hybridized carbons (Fsp3) is 0.571. The zero-order valence-corrected chi connectivity index (χ0v) is 7.57. The van der Waals surface area contributed by atoms with Crippen molar-refractivity contribution < 1.29 is 0 Å². The Morgan fingerprint density at radius 1 is 1.55 bits per heavy atom. The molecule has 0 aliphatic rings. The molecule has 0 unspecified atom stereocenters. The van der Waals surface area contributed by atoms with Crippen LogP contribution in [0.3, 0.4) is 0 Å². The summed E-state index contributed by atoms with van der Waals surface area (Å²) in [6, 6.07) is 0. The van der Waals surface area contributed by atoms with Crippen molar-refractivity contribution in [3.8, 4) is 0 Å². The van der Waals surface area contributed by atoms with Crippen LogP contribution in [-0.2, 0) is 7.05 Å². The second kappa shape index (κ2) is 2.74. The van der Waals surface area contributed by atoms with Crippen LogP contribution in [0.15, 0.2) is 4.79 Å². The molecule has 0 saturated heterocycles. The number of halogens is 1. The summed E-state index contributed by atoms with van der Waals surface area (Å²) in [6.07, 6.45) is 0. The highest BCUT2D eigenvalue weighted by atomic mass is 35.5. The van der Waals surface area contributed by atoms with Gasteiger partial charge in [-0.1, -0.05) is 25.4 Å². The van der Waals surface area contributed by atoms with Crippen LogP contribution in [0.1, 0.15) is 25.3 Å². The maximum atomic E-state index is 11.1. The van der Waals surface area contributed by atoms with E-state index in [4.69, 9.17) is 11.6 Å². The van der Waals surface area contributed by atoms with Crippen molar-refractivity contribution in [2.45, 2.75) is 19.8 Å². The lowest BCUT2D eigenvalue weighted by Gasteiger charge is -1.99. The smallest absolute Gasteiger partial charge is 0.269 e. The van der Waals surface area contributed by atoms with E-state index in [1.807, 2.05) is 13.8 Å². The normalized spacial score (nSPS) is 11.0. The predicted octanol–water partition coefficient (Wildman–Crippen LogP) is 1.49. The van der Waals surface area contributed by atoms with Crippen LogP contribution < -0.4 is 5.56 Å². The molecule has 1 N–H and O–H groups in total. The van der Waals surface area contributed by atoms with Crippen LogP contribution in [0.2, 0.25) is 5.15 Å². The molecule has 0 saturated carbocycles. The number of hydrogen-bond acceptors (Lipinski definition) is 1. The SMILES string of the molecule is CC(C)c1c(Cl)n(C)[nH]c1=O. The van der Waals surface area contributed by atoms with E-state index in [-0.39, 0.29) is 11.5 Å². The summed E-state index contributed by atoms with van der Waals surface area (Å²) in [5.41, 5.74) is 0.571. The zero-order chi connectivity index (χ0) is 8.59. The van der Waals surface area contributed by atoms with Crippen molar-refractivity contribution in [1.29, 1.82) is 0 Å². The maximum Gasteiger partial charge on any atom is 0.269 e. The van der Waals surface area contributed by atoms with Gasteiger partial charge in [-0.05, 0) is 5.92 Å². The second-order valence-electron chi connectivity index (χ2n) is 2.86. The molecule has 0 aliphatic heterocycles. The van der Waals surface area contributed by atoms with E-state index in [0.717, 1.165) is 0 Å². The molecular weight excluding hydrogens is 164 g/mol. The first-order valence-corrected chi connectivity index (χ1v) is 3.86. The van der Waals surface area contributed by atoms with Gasteiger partial charge in [0.05, 0.1) is 5.56 Å². The third-order valence-corrected chi connectivity index (χ3v) is 2.07. The lowest BCUT2D eigenvalue weighted by Crippen LogP contribution is -2.07. The Kier molecular flexibility index (Phi) is 2.09. The zero-order valence-electron chi connectivity index (χ0n) is 6.81. The van der Waals surface area contributed by atoms with Crippen LogP contribution >= 0.6 is 11.6 Å². The van der Waals surface area contributed by atoms with Gasteiger partial charge < -0.3 is 0 Å². The Labute approximate surface area is 70.0 Å². The molecule has 0 amide bonds. The van der Waals surface area contributed by atoms with E-state index < -0.39 is 0 Å². The van der Waals surface area contributed by atoms with Gasteiger partial charge in [0.25, 0.3) is 5.56 Å². The quantitative estimate of drug-likeness (QED) is 0.689. The molecular formula is C7H11ClN2O. The first-order chi connectivity index (χ1) is 5.04. The van der Waals surface area contributed by atoms with Gasteiger partial charge in [0, 0.05) is 7.05 Å². The summed E-state index contributed by atoms with van der Waals surface area (Å²) >= 11 is 5.84. The third-order valence-electron chi connectivity index (χ3n) is 1.61. The summed E-state index contributed by atoms with van der Waals surface area (Å²) in [4.78, 5) is 11.1. The number of aromatic amines is 1. The minimum atomic E-state index is -0.0903. The van der Waals surface area contributed by atoms with Gasteiger partial charge in [-0.25, -0.2) is 0 Å². The minimum absolute atomic E-state index is 0.0903. The summed E-state index contributed by atoms with van der Waals surface area (Å²) in [7, 11) is 1.72. The van der Waals surface area contributed by atoms with E-state index in [9.17, 15) is 4.79 Å². The maximum absolute atomic E-state index is 11.1. The molecule has 3 nitrogen and oxygen atoms in total. The third kappa shape index (κ3) is 1.33. The molecule has 1 rings (SSSR count). The first kappa shape index (κ1) is 8.40. The van der Waals surface area contributed by atoms with Crippen molar-refractivity contribution in [3.63, 3.8) is 0 Å². The molecule has 1 aromatic heterocycles. The van der Waals surface area contributed by atoms with E-state index in [0.29, 0.717) is 10.7 Å². The fourth-order valence-corrected chi connectivity index (χ4v) is 1.38. The van der Waals surface area contributed by atoms with Gasteiger partial charge in [-0.15, -0.1) is 0 Å². The number of H-pyrrole nitrogens is 1. The van der Waals surface area contributed by atoms with Crippen LogP contribution in [0.5, 0.6) is 0 Å². The van der Waals surface area contributed by atoms with Crippen molar-refractivity contribution in [2.24, 2.45) is 7.05 Å². The Balaban J connectivity index is 3.34. The van der Waals surface area contributed by atoms with E-state index in [1.165, 1.54) is 4.68 Å². The number of rotatable bonds is 1. The van der Waals surface area contributed by atoms with E-state index in [2.05, 4.69) is 5.10 Å². The molecule has 0 aromatic carbocycles. The molecule has 1 aromatic rings. The molecule has 62 valence electrons. The highest BCUT2D eigenvalue weighted by molar-refractivity contribution is 6.30. The van der Waals surface area contributed by atoms with Crippen molar-refractivity contribution in [2.75, 3.05) is 0 Å². The topological polar surface area (TPSA) is 37.8 Å². The van der Waals surface area contributed by atoms with Crippen LogP contribution in [0.4, 0.5) is 0 Å². The van der Waals surface area contributed by atoms with E-state index >= 15 is 0 Å². The molecule has 0 spiro atoms. The van der Waals surface area contributed by atoms with Crippen molar-refractivity contribution in [3.05, 3.63) is 21.1 Å². The molecule has 4 heteroatoms. The highest BCUT2D eigenvalue weighted by Gasteiger charge is 2.13. The average molecular weight is 175 g/mol. The van der Waals surface area contributed by atoms with Gasteiger partial charge in [-0.3, -0.25) is 14.6 Å². The second-order valence-corrected chi connectivity index (χ2v) is 3.22. The number of aromatic nitrogens is 2. The summed E-state index contributed by atoms with van der Waals surface area (Å²) in [5.74, 6) is 0.174. The Bertz CT molecular complexity index is 311. The molecule has 0 fully saturated rings. The van der Waals surface area contributed by atoms with Gasteiger partial charge in [0.2, 0.25) is 0 Å². The number of nitrogens with one attached hydrogen (secondary N) is 1. The molecule has 0 radical (unpaired) electrons. The fourth-order valence-electron chi connectivity index (χ4n) is 1.04. The van der Waals surface area contributed by atoms with Gasteiger partial charge >= 0.3 is 0 Å². The van der Waals surface area contributed by atoms with Crippen LogP contribution in [0.25, 0.3) is 0 Å².